The Morgan fingerprint density at radius 3 is 2.50 bits per heavy atom. The van der Waals surface area contributed by atoms with Gasteiger partial charge in [-0.25, -0.2) is 9.97 Å². The summed E-state index contributed by atoms with van der Waals surface area (Å²) in [5, 5.41) is 11.8. The van der Waals surface area contributed by atoms with Crippen LogP contribution in [0.3, 0.4) is 0 Å². The molecule has 0 unspecified atom stereocenters. The molecule has 78 valence electrons. The summed E-state index contributed by atoms with van der Waals surface area (Å²) < 4.78 is 0. The molecule has 0 aliphatic rings. The van der Waals surface area contributed by atoms with Crippen LogP contribution in [0.4, 0.5) is 11.4 Å². The number of nitriles is 1. The zero-order chi connectivity index (χ0) is 11.4. The second-order valence-corrected chi connectivity index (χ2v) is 3.35. The third-order valence-electron chi connectivity index (χ3n) is 2.18. The van der Waals surface area contributed by atoms with E-state index in [1.165, 1.54) is 0 Å². The number of hydrogen-bond donors (Lipinski definition) is 1. The minimum atomic E-state index is 0.176. The van der Waals surface area contributed by atoms with Crippen LogP contribution in [-0.2, 0) is 0 Å². The smallest absolute Gasteiger partial charge is 0.232 e. The van der Waals surface area contributed by atoms with Gasteiger partial charge >= 0.3 is 0 Å². The number of nitrogens with zero attached hydrogens (tertiary/aromatic N) is 3. The van der Waals surface area contributed by atoms with Gasteiger partial charge in [0.2, 0.25) is 5.82 Å². The Morgan fingerprint density at radius 1 is 1.19 bits per heavy atom. The van der Waals surface area contributed by atoms with Crippen molar-refractivity contribution in [1.29, 1.82) is 5.26 Å². The van der Waals surface area contributed by atoms with Gasteiger partial charge in [-0.05, 0) is 18.6 Å². The van der Waals surface area contributed by atoms with E-state index in [0.29, 0.717) is 0 Å². The summed E-state index contributed by atoms with van der Waals surface area (Å²) in [6.45, 7) is 2.02. The van der Waals surface area contributed by atoms with Crippen molar-refractivity contribution in [3.05, 3.63) is 48.0 Å². The fourth-order valence-electron chi connectivity index (χ4n) is 1.32. The molecule has 0 saturated heterocycles. The lowest BCUT2D eigenvalue weighted by atomic mass is 10.2. The third kappa shape index (κ3) is 2.15. The van der Waals surface area contributed by atoms with Gasteiger partial charge in [0.25, 0.3) is 0 Å². The van der Waals surface area contributed by atoms with E-state index in [9.17, 15) is 0 Å². The fraction of sp³-hybridized carbons (Fsp3) is 0.0833. The molecule has 4 heteroatoms. The first-order chi connectivity index (χ1) is 7.79. The number of anilines is 2. The summed E-state index contributed by atoms with van der Waals surface area (Å²) in [4.78, 5) is 7.78. The highest BCUT2D eigenvalue weighted by Crippen LogP contribution is 2.18. The van der Waals surface area contributed by atoms with Gasteiger partial charge in [0.05, 0.1) is 18.1 Å². The minimum Gasteiger partial charge on any atom is -0.353 e. The number of benzene rings is 1. The number of rotatable bonds is 2. The van der Waals surface area contributed by atoms with Crippen molar-refractivity contribution in [3.8, 4) is 6.07 Å². The standard InChI is InChI=1S/C12H10N4/c1-9-4-2-3-5-11(9)16-10-7-14-12(6-13)15-8-10/h2-5,7-8,16H,1H3. The van der Waals surface area contributed by atoms with E-state index in [1.807, 2.05) is 37.3 Å². The van der Waals surface area contributed by atoms with Gasteiger partial charge < -0.3 is 5.32 Å². The quantitative estimate of drug-likeness (QED) is 0.826. The van der Waals surface area contributed by atoms with Crippen LogP contribution in [0.2, 0.25) is 0 Å². The van der Waals surface area contributed by atoms with E-state index in [2.05, 4.69) is 15.3 Å². The molecule has 16 heavy (non-hydrogen) atoms. The van der Waals surface area contributed by atoms with Gasteiger partial charge in [-0.15, -0.1) is 0 Å². The summed E-state index contributed by atoms with van der Waals surface area (Å²) in [7, 11) is 0. The maximum atomic E-state index is 8.57. The summed E-state index contributed by atoms with van der Waals surface area (Å²) in [6, 6.07) is 9.82. The minimum absolute atomic E-state index is 0.176. The van der Waals surface area contributed by atoms with Crippen molar-refractivity contribution in [1.82, 2.24) is 9.97 Å². The molecule has 1 N–H and O–H groups in total. The molecule has 0 radical (unpaired) electrons. The molecule has 0 saturated carbocycles. The second kappa shape index (κ2) is 4.41. The average Bonchev–Trinajstić information content (AvgIpc) is 2.33. The average molecular weight is 210 g/mol. The molecule has 2 aromatic rings. The van der Waals surface area contributed by atoms with E-state index in [1.54, 1.807) is 12.4 Å². The van der Waals surface area contributed by atoms with Crippen LogP contribution in [0.5, 0.6) is 0 Å². The van der Waals surface area contributed by atoms with Crippen LogP contribution in [-0.4, -0.2) is 9.97 Å². The summed E-state index contributed by atoms with van der Waals surface area (Å²) in [5.74, 6) is 0.176. The number of aryl methyl sites for hydroxylation is 1. The molecule has 0 fully saturated rings. The molecule has 0 aliphatic heterocycles. The Balaban J connectivity index is 2.22. The first-order valence-corrected chi connectivity index (χ1v) is 4.84. The van der Waals surface area contributed by atoms with E-state index in [0.717, 1.165) is 16.9 Å². The summed E-state index contributed by atoms with van der Waals surface area (Å²) >= 11 is 0. The van der Waals surface area contributed by atoms with Gasteiger partial charge in [0.1, 0.15) is 6.07 Å². The molecule has 4 nitrogen and oxygen atoms in total. The maximum Gasteiger partial charge on any atom is 0.232 e. The van der Waals surface area contributed by atoms with Crippen LogP contribution in [0, 0.1) is 18.3 Å². The topological polar surface area (TPSA) is 61.6 Å². The Bertz CT molecular complexity index is 525. The third-order valence-corrected chi connectivity index (χ3v) is 2.18. The van der Waals surface area contributed by atoms with E-state index in [4.69, 9.17) is 5.26 Å². The highest BCUT2D eigenvalue weighted by Gasteiger charge is 1.99. The SMILES string of the molecule is Cc1ccccc1Nc1cnc(C#N)nc1. The molecule has 2 rings (SSSR count). The van der Waals surface area contributed by atoms with Crippen molar-refractivity contribution in [2.75, 3.05) is 5.32 Å². The maximum absolute atomic E-state index is 8.57. The number of para-hydroxylation sites is 1. The van der Waals surface area contributed by atoms with Crippen LogP contribution in [0.25, 0.3) is 0 Å². The first kappa shape index (κ1) is 10.1. The molecule has 0 atom stereocenters. The lowest BCUT2D eigenvalue weighted by molar-refractivity contribution is 1.11. The largest absolute Gasteiger partial charge is 0.353 e. The van der Waals surface area contributed by atoms with Crippen molar-refractivity contribution >= 4 is 11.4 Å². The van der Waals surface area contributed by atoms with Gasteiger partial charge in [0, 0.05) is 5.69 Å². The summed E-state index contributed by atoms with van der Waals surface area (Å²) in [6.07, 6.45) is 3.19. The van der Waals surface area contributed by atoms with E-state index >= 15 is 0 Å². The van der Waals surface area contributed by atoms with Gasteiger partial charge in [-0.2, -0.15) is 5.26 Å². The molecule has 0 spiro atoms. The Morgan fingerprint density at radius 2 is 1.88 bits per heavy atom. The molecule has 1 heterocycles. The van der Waals surface area contributed by atoms with Crippen molar-refractivity contribution < 1.29 is 0 Å². The first-order valence-electron chi connectivity index (χ1n) is 4.84. The van der Waals surface area contributed by atoms with Gasteiger partial charge in [-0.3, -0.25) is 0 Å². The highest BCUT2D eigenvalue weighted by atomic mass is 15.0. The van der Waals surface area contributed by atoms with Crippen LogP contribution >= 0.6 is 0 Å². The lowest BCUT2D eigenvalue weighted by Gasteiger charge is -2.07. The number of aromatic nitrogens is 2. The van der Waals surface area contributed by atoms with Crippen molar-refractivity contribution in [2.24, 2.45) is 0 Å². The van der Waals surface area contributed by atoms with E-state index < -0.39 is 0 Å². The zero-order valence-corrected chi connectivity index (χ0v) is 8.81. The second-order valence-electron chi connectivity index (χ2n) is 3.35. The Labute approximate surface area is 93.6 Å². The predicted molar refractivity (Wildman–Crippen MR) is 61.2 cm³/mol. The zero-order valence-electron chi connectivity index (χ0n) is 8.81. The normalized spacial score (nSPS) is 9.50. The van der Waals surface area contributed by atoms with Crippen molar-refractivity contribution in [3.63, 3.8) is 0 Å². The summed E-state index contributed by atoms with van der Waals surface area (Å²) in [5.41, 5.74) is 2.93. The molecule has 0 amide bonds. The lowest BCUT2D eigenvalue weighted by Crippen LogP contribution is -1.96. The number of nitrogens with one attached hydrogen (secondary N) is 1. The van der Waals surface area contributed by atoms with Crippen LogP contribution < -0.4 is 5.32 Å². The molecular formula is C12H10N4. The fourth-order valence-corrected chi connectivity index (χ4v) is 1.32. The molecule has 1 aromatic carbocycles. The molecule has 0 bridgehead atoms. The predicted octanol–water partition coefficient (Wildman–Crippen LogP) is 2.40. The van der Waals surface area contributed by atoms with Crippen LogP contribution in [0.1, 0.15) is 11.4 Å². The monoisotopic (exact) mass is 210 g/mol. The molecular weight excluding hydrogens is 200 g/mol. The van der Waals surface area contributed by atoms with Crippen molar-refractivity contribution in [2.45, 2.75) is 6.92 Å². The number of hydrogen-bond acceptors (Lipinski definition) is 4. The van der Waals surface area contributed by atoms with E-state index in [-0.39, 0.29) is 5.82 Å². The molecule has 0 aliphatic carbocycles. The van der Waals surface area contributed by atoms with Gasteiger partial charge in [-0.1, -0.05) is 18.2 Å². The molecule has 1 aromatic heterocycles. The van der Waals surface area contributed by atoms with Crippen LogP contribution in [0.15, 0.2) is 36.7 Å². The van der Waals surface area contributed by atoms with Gasteiger partial charge in [0.15, 0.2) is 0 Å². The Hall–Kier alpha value is -2.41. The Kier molecular flexibility index (Phi) is 2.79. The highest BCUT2D eigenvalue weighted by molar-refractivity contribution is 5.61.